The summed E-state index contributed by atoms with van der Waals surface area (Å²) in [6, 6.07) is 2.38. The lowest BCUT2D eigenvalue weighted by molar-refractivity contribution is 0.0696. The molecule has 20 heavy (non-hydrogen) atoms. The van der Waals surface area contributed by atoms with E-state index in [4.69, 9.17) is 21.8 Å². The van der Waals surface area contributed by atoms with Crippen LogP contribution in [0, 0.1) is 5.92 Å². The van der Waals surface area contributed by atoms with Crippen molar-refractivity contribution in [2.45, 2.75) is 18.2 Å². The largest absolute Gasteiger partial charge is 0.478 e. The van der Waals surface area contributed by atoms with Crippen LogP contribution in [-0.4, -0.2) is 32.6 Å². The number of carboxylic acids is 1. The minimum Gasteiger partial charge on any atom is -0.478 e. The minimum atomic E-state index is -4.08. The van der Waals surface area contributed by atoms with E-state index in [2.05, 4.69) is 6.92 Å². The summed E-state index contributed by atoms with van der Waals surface area (Å²) in [5, 5.41) is 14.2. The summed E-state index contributed by atoms with van der Waals surface area (Å²) < 4.78 is 23.1. The minimum absolute atomic E-state index is 0.0217. The predicted molar refractivity (Wildman–Crippen MR) is 75.8 cm³/mol. The molecule has 1 fully saturated rings. The highest BCUT2D eigenvalue weighted by molar-refractivity contribution is 7.89. The SMILES string of the molecule is CC1CCN(c2cc(C(=O)O)cc(S(N)(=O)=O)c2Cl)C1. The van der Waals surface area contributed by atoms with E-state index in [1.807, 2.05) is 4.90 Å². The Bertz CT molecular complexity index is 660. The van der Waals surface area contributed by atoms with E-state index in [1.54, 1.807) is 0 Å². The molecule has 110 valence electrons. The smallest absolute Gasteiger partial charge is 0.335 e. The highest BCUT2D eigenvalue weighted by atomic mass is 35.5. The summed E-state index contributed by atoms with van der Waals surface area (Å²) in [4.78, 5) is 12.7. The third-order valence-electron chi connectivity index (χ3n) is 3.34. The fourth-order valence-electron chi connectivity index (χ4n) is 2.30. The molecule has 8 heteroatoms. The molecule has 1 atom stereocenters. The first-order valence-corrected chi connectivity index (χ1v) is 7.97. The highest BCUT2D eigenvalue weighted by Crippen LogP contribution is 2.35. The van der Waals surface area contributed by atoms with Crippen LogP contribution in [0.3, 0.4) is 0 Å². The average molecular weight is 319 g/mol. The normalized spacial score (nSPS) is 19.4. The Hall–Kier alpha value is -1.31. The van der Waals surface area contributed by atoms with Crippen molar-refractivity contribution in [3.63, 3.8) is 0 Å². The molecule has 0 aliphatic carbocycles. The van der Waals surface area contributed by atoms with Crippen LogP contribution in [-0.2, 0) is 10.0 Å². The number of halogens is 1. The Balaban J connectivity index is 2.61. The molecule has 0 saturated carbocycles. The molecule has 3 N–H and O–H groups in total. The van der Waals surface area contributed by atoms with Crippen molar-refractivity contribution < 1.29 is 18.3 Å². The third kappa shape index (κ3) is 2.89. The van der Waals surface area contributed by atoms with Gasteiger partial charge in [-0.15, -0.1) is 0 Å². The first-order valence-electron chi connectivity index (χ1n) is 6.04. The van der Waals surface area contributed by atoms with E-state index in [0.717, 1.165) is 12.5 Å². The molecule has 1 heterocycles. The van der Waals surface area contributed by atoms with Gasteiger partial charge in [0.15, 0.2) is 0 Å². The number of primary sulfonamides is 1. The van der Waals surface area contributed by atoms with Crippen molar-refractivity contribution in [1.82, 2.24) is 0 Å². The highest BCUT2D eigenvalue weighted by Gasteiger charge is 2.26. The second-order valence-electron chi connectivity index (χ2n) is 5.00. The first kappa shape index (κ1) is 15.1. The number of nitrogens with two attached hydrogens (primary N) is 1. The Morgan fingerprint density at radius 3 is 2.60 bits per heavy atom. The van der Waals surface area contributed by atoms with E-state index < -0.39 is 16.0 Å². The lowest BCUT2D eigenvalue weighted by Gasteiger charge is -2.21. The van der Waals surface area contributed by atoms with Crippen molar-refractivity contribution in [3.05, 3.63) is 22.7 Å². The van der Waals surface area contributed by atoms with E-state index in [-0.39, 0.29) is 15.5 Å². The number of carboxylic acid groups (broad SMARTS) is 1. The third-order valence-corrected chi connectivity index (χ3v) is 4.78. The van der Waals surface area contributed by atoms with Gasteiger partial charge >= 0.3 is 5.97 Å². The molecule has 0 aromatic heterocycles. The number of nitrogens with zero attached hydrogens (tertiary/aromatic N) is 1. The number of anilines is 1. The van der Waals surface area contributed by atoms with E-state index in [1.165, 1.54) is 6.07 Å². The van der Waals surface area contributed by atoms with Crippen molar-refractivity contribution in [2.75, 3.05) is 18.0 Å². The zero-order valence-corrected chi connectivity index (χ0v) is 12.4. The maximum Gasteiger partial charge on any atom is 0.335 e. The van der Waals surface area contributed by atoms with Crippen LogP contribution in [0.25, 0.3) is 0 Å². The van der Waals surface area contributed by atoms with Gasteiger partial charge in [-0.25, -0.2) is 18.4 Å². The van der Waals surface area contributed by atoms with Crippen LogP contribution in [0.1, 0.15) is 23.7 Å². The zero-order valence-electron chi connectivity index (χ0n) is 10.8. The summed E-state index contributed by atoms with van der Waals surface area (Å²) in [5.41, 5.74) is 0.257. The quantitative estimate of drug-likeness (QED) is 0.880. The van der Waals surface area contributed by atoms with Crippen molar-refractivity contribution in [1.29, 1.82) is 0 Å². The molecule has 1 aliphatic rings. The molecule has 2 rings (SSSR count). The van der Waals surface area contributed by atoms with Crippen LogP contribution in [0.5, 0.6) is 0 Å². The van der Waals surface area contributed by atoms with Gasteiger partial charge in [-0.05, 0) is 24.5 Å². The molecule has 0 bridgehead atoms. The van der Waals surface area contributed by atoms with Crippen LogP contribution < -0.4 is 10.0 Å². The summed E-state index contributed by atoms with van der Waals surface area (Å²) >= 11 is 6.10. The molecule has 1 unspecified atom stereocenters. The molecule has 0 spiro atoms. The first-order chi connectivity index (χ1) is 9.20. The Labute approximate surface area is 122 Å². The van der Waals surface area contributed by atoms with Crippen molar-refractivity contribution in [2.24, 2.45) is 11.1 Å². The number of aromatic carboxylic acids is 1. The number of rotatable bonds is 3. The van der Waals surface area contributed by atoms with E-state index >= 15 is 0 Å². The van der Waals surface area contributed by atoms with Gasteiger partial charge in [0.05, 0.1) is 16.3 Å². The molecule has 1 aromatic carbocycles. The molecular formula is C12H15ClN2O4S. The van der Waals surface area contributed by atoms with Crippen molar-refractivity contribution >= 4 is 33.3 Å². The Morgan fingerprint density at radius 1 is 1.50 bits per heavy atom. The van der Waals surface area contributed by atoms with Gasteiger partial charge < -0.3 is 10.0 Å². The Kier molecular flexibility index (Phi) is 3.95. The van der Waals surface area contributed by atoms with Gasteiger partial charge in [0.1, 0.15) is 4.90 Å². The van der Waals surface area contributed by atoms with Gasteiger partial charge in [-0.1, -0.05) is 18.5 Å². The summed E-state index contributed by atoms with van der Waals surface area (Å²) in [5.74, 6) is -0.780. The molecule has 0 radical (unpaired) electrons. The van der Waals surface area contributed by atoms with Gasteiger partial charge in [-0.2, -0.15) is 0 Å². The molecule has 0 amide bonds. The summed E-state index contributed by atoms with van der Waals surface area (Å²) in [6.07, 6.45) is 0.943. The second-order valence-corrected chi connectivity index (χ2v) is 6.91. The molecule has 1 saturated heterocycles. The number of hydrogen-bond acceptors (Lipinski definition) is 4. The fraction of sp³-hybridized carbons (Fsp3) is 0.417. The van der Waals surface area contributed by atoms with Gasteiger partial charge in [0.25, 0.3) is 0 Å². The average Bonchev–Trinajstić information content (AvgIpc) is 2.74. The maximum absolute atomic E-state index is 11.5. The predicted octanol–water partition coefficient (Wildman–Crippen LogP) is 1.53. The monoisotopic (exact) mass is 318 g/mol. The number of benzene rings is 1. The van der Waals surface area contributed by atoms with Gasteiger partial charge in [0.2, 0.25) is 10.0 Å². The van der Waals surface area contributed by atoms with E-state index in [0.29, 0.717) is 24.7 Å². The van der Waals surface area contributed by atoms with Crippen LogP contribution in [0.15, 0.2) is 17.0 Å². The lowest BCUT2D eigenvalue weighted by Crippen LogP contribution is -2.22. The molecule has 1 aliphatic heterocycles. The number of hydrogen-bond donors (Lipinski definition) is 2. The molecule has 6 nitrogen and oxygen atoms in total. The summed E-state index contributed by atoms with van der Waals surface area (Å²) in [6.45, 7) is 3.47. The van der Waals surface area contributed by atoms with Gasteiger partial charge in [0, 0.05) is 13.1 Å². The fourth-order valence-corrected chi connectivity index (χ4v) is 3.49. The summed E-state index contributed by atoms with van der Waals surface area (Å²) in [7, 11) is -4.08. The van der Waals surface area contributed by atoms with Crippen molar-refractivity contribution in [3.8, 4) is 0 Å². The van der Waals surface area contributed by atoms with E-state index in [9.17, 15) is 13.2 Å². The van der Waals surface area contributed by atoms with Gasteiger partial charge in [-0.3, -0.25) is 0 Å². The number of carbonyl (C=O) groups is 1. The van der Waals surface area contributed by atoms with Crippen LogP contribution >= 0.6 is 11.6 Å². The zero-order chi connectivity index (χ0) is 15.1. The molecule has 1 aromatic rings. The second kappa shape index (κ2) is 5.23. The number of sulfonamides is 1. The van der Waals surface area contributed by atoms with Crippen LogP contribution in [0.2, 0.25) is 5.02 Å². The standard InChI is InChI=1S/C12H15ClN2O4S/c1-7-2-3-15(6-7)9-4-8(12(16)17)5-10(11(9)13)20(14,18)19/h4-5,7H,2-3,6H2,1H3,(H,16,17)(H2,14,18,19). The lowest BCUT2D eigenvalue weighted by atomic mass is 10.1. The maximum atomic E-state index is 11.5. The Morgan fingerprint density at radius 2 is 2.15 bits per heavy atom. The topological polar surface area (TPSA) is 101 Å². The van der Waals surface area contributed by atoms with Crippen LogP contribution in [0.4, 0.5) is 5.69 Å². The molecular weight excluding hydrogens is 304 g/mol.